The third kappa shape index (κ3) is 2.98. The summed E-state index contributed by atoms with van der Waals surface area (Å²) >= 11 is 6.05. The fourth-order valence-electron chi connectivity index (χ4n) is 4.92. The monoisotopic (exact) mass is 408 g/mol. The van der Waals surface area contributed by atoms with Gasteiger partial charge in [-0.2, -0.15) is 0 Å². The van der Waals surface area contributed by atoms with Crippen molar-refractivity contribution in [1.82, 2.24) is 0 Å². The zero-order chi connectivity index (χ0) is 20.6. The molecule has 1 aliphatic rings. The van der Waals surface area contributed by atoms with Crippen LogP contribution in [-0.2, 0) is 5.41 Å². The van der Waals surface area contributed by atoms with E-state index in [4.69, 9.17) is 11.6 Å². The number of fused-ring (bicyclic) bond motifs is 1. The predicted octanol–water partition coefficient (Wildman–Crippen LogP) is 7.04. The number of halogens is 1. The quantitative estimate of drug-likeness (QED) is 0.331. The molecule has 0 bridgehead atoms. The first kappa shape index (κ1) is 18.8. The van der Waals surface area contributed by atoms with E-state index in [1.807, 2.05) is 30.3 Å². The van der Waals surface area contributed by atoms with Gasteiger partial charge in [0.05, 0.1) is 0 Å². The standard InChI is InChI=1S/C28H21ClO/c29-23-17-15-20(16-18-23)27(30)25-19-28(21-9-3-1-4-10-21,22-11-5-2-6-12-22)26-14-8-7-13-24(25)26/h1-18,25H,19H2. The molecule has 30 heavy (non-hydrogen) atoms. The van der Waals surface area contributed by atoms with E-state index in [9.17, 15) is 4.79 Å². The van der Waals surface area contributed by atoms with Crippen LogP contribution < -0.4 is 0 Å². The molecule has 2 heteroatoms. The lowest BCUT2D eigenvalue weighted by molar-refractivity contribution is 0.0955. The van der Waals surface area contributed by atoms with E-state index in [-0.39, 0.29) is 17.1 Å². The van der Waals surface area contributed by atoms with Gasteiger partial charge in [0.2, 0.25) is 0 Å². The van der Waals surface area contributed by atoms with Crippen LogP contribution in [0.15, 0.2) is 109 Å². The second kappa shape index (κ2) is 7.59. The molecule has 0 fully saturated rings. The minimum Gasteiger partial charge on any atom is -0.293 e. The van der Waals surface area contributed by atoms with Crippen LogP contribution in [0.5, 0.6) is 0 Å². The Kier molecular flexibility index (Phi) is 4.77. The van der Waals surface area contributed by atoms with Gasteiger partial charge >= 0.3 is 0 Å². The highest BCUT2D eigenvalue weighted by atomic mass is 35.5. The third-order valence-electron chi connectivity index (χ3n) is 6.28. The van der Waals surface area contributed by atoms with E-state index in [0.29, 0.717) is 17.0 Å². The maximum absolute atomic E-state index is 13.6. The Hall–Kier alpha value is -3.16. The van der Waals surface area contributed by atoms with Crippen LogP contribution in [-0.4, -0.2) is 5.78 Å². The number of hydrogen-bond acceptors (Lipinski definition) is 1. The predicted molar refractivity (Wildman–Crippen MR) is 122 cm³/mol. The first-order valence-electron chi connectivity index (χ1n) is 10.2. The van der Waals surface area contributed by atoms with Gasteiger partial charge in [0.25, 0.3) is 0 Å². The minimum atomic E-state index is -0.355. The van der Waals surface area contributed by atoms with E-state index >= 15 is 0 Å². The van der Waals surface area contributed by atoms with Gasteiger partial charge in [-0.15, -0.1) is 0 Å². The number of benzene rings is 4. The van der Waals surface area contributed by atoms with Crippen molar-refractivity contribution in [2.75, 3.05) is 0 Å². The van der Waals surface area contributed by atoms with Crippen LogP contribution in [0, 0.1) is 0 Å². The van der Waals surface area contributed by atoms with Crippen LogP contribution in [0.25, 0.3) is 0 Å². The van der Waals surface area contributed by atoms with Crippen molar-refractivity contribution in [3.63, 3.8) is 0 Å². The summed E-state index contributed by atoms with van der Waals surface area (Å²) in [6.45, 7) is 0. The molecule has 1 nitrogen and oxygen atoms in total. The molecule has 1 unspecified atom stereocenters. The topological polar surface area (TPSA) is 17.1 Å². The van der Waals surface area contributed by atoms with E-state index in [1.54, 1.807) is 12.1 Å². The largest absolute Gasteiger partial charge is 0.293 e. The Bertz CT molecular complexity index is 1140. The Morgan fingerprint density at radius 2 is 1.23 bits per heavy atom. The summed E-state index contributed by atoms with van der Waals surface area (Å²) < 4.78 is 0. The van der Waals surface area contributed by atoms with Crippen molar-refractivity contribution >= 4 is 17.4 Å². The molecule has 0 amide bonds. The molecule has 1 aliphatic carbocycles. The fourth-order valence-corrected chi connectivity index (χ4v) is 5.05. The number of carbonyl (C=O) groups excluding carboxylic acids is 1. The van der Waals surface area contributed by atoms with Gasteiger partial charge in [-0.3, -0.25) is 4.79 Å². The lowest BCUT2D eigenvalue weighted by Crippen LogP contribution is -2.27. The van der Waals surface area contributed by atoms with E-state index in [1.165, 1.54) is 16.7 Å². The van der Waals surface area contributed by atoms with Crippen molar-refractivity contribution in [3.8, 4) is 0 Å². The fraction of sp³-hybridized carbons (Fsp3) is 0.107. The summed E-state index contributed by atoms with van der Waals surface area (Å²) in [6.07, 6.45) is 0.710. The molecule has 4 aromatic carbocycles. The number of carbonyl (C=O) groups is 1. The van der Waals surface area contributed by atoms with Gasteiger partial charge in [0.1, 0.15) is 0 Å². The summed E-state index contributed by atoms with van der Waals surface area (Å²) in [5.41, 5.74) is 5.12. The summed E-state index contributed by atoms with van der Waals surface area (Å²) in [5.74, 6) is -0.0596. The molecule has 0 aromatic heterocycles. The number of Topliss-reactive ketones (excluding diaryl/α,β-unsaturated/α-hetero) is 1. The van der Waals surface area contributed by atoms with E-state index in [2.05, 4.69) is 66.7 Å². The molecule has 146 valence electrons. The van der Waals surface area contributed by atoms with Crippen LogP contribution in [0.1, 0.15) is 45.0 Å². The van der Waals surface area contributed by atoms with Gasteiger partial charge in [0, 0.05) is 21.9 Å². The van der Waals surface area contributed by atoms with Crippen molar-refractivity contribution < 1.29 is 4.79 Å². The Balaban J connectivity index is 1.72. The van der Waals surface area contributed by atoms with Gasteiger partial charge in [-0.1, -0.05) is 96.5 Å². The van der Waals surface area contributed by atoms with Gasteiger partial charge < -0.3 is 0 Å². The normalized spacial score (nSPS) is 16.8. The average molecular weight is 409 g/mol. The lowest BCUT2D eigenvalue weighted by Gasteiger charge is -2.32. The number of rotatable bonds is 4. The van der Waals surface area contributed by atoms with Crippen LogP contribution >= 0.6 is 11.6 Å². The molecule has 0 heterocycles. The molecular formula is C28H21ClO. The highest BCUT2D eigenvalue weighted by Crippen LogP contribution is 2.54. The molecule has 0 N–H and O–H groups in total. The summed E-state index contributed by atoms with van der Waals surface area (Å²) in [6, 6.07) is 36.8. The van der Waals surface area contributed by atoms with Crippen molar-refractivity contribution in [3.05, 3.63) is 142 Å². The molecule has 4 aromatic rings. The zero-order valence-corrected chi connectivity index (χ0v) is 17.2. The Labute approximate surface area is 182 Å². The molecule has 1 atom stereocenters. The van der Waals surface area contributed by atoms with Crippen LogP contribution in [0.4, 0.5) is 0 Å². The van der Waals surface area contributed by atoms with Crippen molar-refractivity contribution in [2.45, 2.75) is 17.8 Å². The molecular weight excluding hydrogens is 388 g/mol. The number of ketones is 1. The smallest absolute Gasteiger partial charge is 0.170 e. The maximum Gasteiger partial charge on any atom is 0.170 e. The zero-order valence-electron chi connectivity index (χ0n) is 16.5. The second-order valence-electron chi connectivity index (χ2n) is 7.85. The highest BCUT2D eigenvalue weighted by Gasteiger charge is 2.48. The molecule has 0 spiro atoms. The first-order chi connectivity index (χ1) is 14.7. The van der Waals surface area contributed by atoms with Crippen molar-refractivity contribution in [2.24, 2.45) is 0 Å². The Morgan fingerprint density at radius 1 is 0.700 bits per heavy atom. The minimum absolute atomic E-state index is 0.146. The molecule has 5 rings (SSSR count). The van der Waals surface area contributed by atoms with Gasteiger partial charge in [-0.05, 0) is 52.9 Å². The van der Waals surface area contributed by atoms with E-state index in [0.717, 1.165) is 5.56 Å². The van der Waals surface area contributed by atoms with Crippen molar-refractivity contribution in [1.29, 1.82) is 0 Å². The average Bonchev–Trinajstić information content (AvgIpc) is 3.17. The summed E-state index contributed by atoms with van der Waals surface area (Å²) in [5, 5.41) is 0.640. The third-order valence-corrected chi connectivity index (χ3v) is 6.54. The molecule has 0 aliphatic heterocycles. The van der Waals surface area contributed by atoms with Gasteiger partial charge in [-0.25, -0.2) is 0 Å². The highest BCUT2D eigenvalue weighted by molar-refractivity contribution is 6.30. The van der Waals surface area contributed by atoms with Gasteiger partial charge in [0.15, 0.2) is 5.78 Å². The maximum atomic E-state index is 13.6. The summed E-state index contributed by atoms with van der Waals surface area (Å²) in [4.78, 5) is 13.6. The SMILES string of the molecule is O=C(c1ccc(Cl)cc1)C1CC(c2ccccc2)(c2ccccc2)c2ccccc21. The molecule has 0 saturated carbocycles. The number of hydrogen-bond donors (Lipinski definition) is 0. The van der Waals surface area contributed by atoms with E-state index < -0.39 is 0 Å². The first-order valence-corrected chi connectivity index (χ1v) is 10.6. The lowest BCUT2D eigenvalue weighted by atomic mass is 9.69. The van der Waals surface area contributed by atoms with Crippen LogP contribution in [0.2, 0.25) is 5.02 Å². The second-order valence-corrected chi connectivity index (χ2v) is 8.29. The Morgan fingerprint density at radius 3 is 1.83 bits per heavy atom. The summed E-state index contributed by atoms with van der Waals surface area (Å²) in [7, 11) is 0. The van der Waals surface area contributed by atoms with Crippen LogP contribution in [0.3, 0.4) is 0 Å². The molecule has 0 saturated heterocycles. The molecule has 0 radical (unpaired) electrons.